The molecule has 2 heteroatoms. The molecule has 0 aliphatic rings. The average molecular weight is 272 g/mol. The summed E-state index contributed by atoms with van der Waals surface area (Å²) in [6.07, 6.45) is 2.17. The van der Waals surface area contributed by atoms with E-state index in [2.05, 4.69) is 73.3 Å². The Morgan fingerprint density at radius 2 is 1.62 bits per heavy atom. The molecule has 0 saturated heterocycles. The third kappa shape index (κ3) is 1.83. The maximum Gasteiger partial charge on any atom is 0.0733 e. The van der Waals surface area contributed by atoms with Crippen molar-refractivity contribution in [3.05, 3.63) is 66.4 Å². The molecule has 0 aliphatic carbocycles. The molecule has 2 aromatic carbocycles. The van der Waals surface area contributed by atoms with Crippen LogP contribution in [-0.4, -0.2) is 9.55 Å². The third-order valence-electron chi connectivity index (χ3n) is 4.10. The van der Waals surface area contributed by atoms with Gasteiger partial charge in [0.15, 0.2) is 0 Å². The summed E-state index contributed by atoms with van der Waals surface area (Å²) >= 11 is 0. The molecule has 0 N–H and O–H groups in total. The Bertz CT molecular complexity index is 964. The topological polar surface area (TPSA) is 17.8 Å². The lowest BCUT2D eigenvalue weighted by Crippen LogP contribution is -1.88. The summed E-state index contributed by atoms with van der Waals surface area (Å²) in [4.78, 5) is 4.86. The summed E-state index contributed by atoms with van der Waals surface area (Å²) in [5, 5.41) is 2.48. The predicted octanol–water partition coefficient (Wildman–Crippen LogP) is 4.70. The van der Waals surface area contributed by atoms with E-state index in [1.165, 1.54) is 27.4 Å². The highest BCUT2D eigenvalue weighted by molar-refractivity contribution is 5.96. The van der Waals surface area contributed by atoms with Crippen molar-refractivity contribution >= 4 is 21.8 Å². The van der Waals surface area contributed by atoms with Crippen LogP contribution in [0.2, 0.25) is 0 Å². The minimum Gasteiger partial charge on any atom is -0.350 e. The largest absolute Gasteiger partial charge is 0.350 e. The van der Waals surface area contributed by atoms with Crippen LogP contribution in [0.3, 0.4) is 0 Å². The summed E-state index contributed by atoms with van der Waals surface area (Å²) in [7, 11) is 2.08. The van der Waals surface area contributed by atoms with Gasteiger partial charge in [0, 0.05) is 35.1 Å². The van der Waals surface area contributed by atoms with Gasteiger partial charge in [-0.15, -0.1) is 0 Å². The van der Waals surface area contributed by atoms with Crippen LogP contribution >= 0.6 is 0 Å². The number of fused-ring (bicyclic) bond motifs is 2. The van der Waals surface area contributed by atoms with Crippen molar-refractivity contribution < 1.29 is 0 Å². The van der Waals surface area contributed by atoms with Crippen molar-refractivity contribution in [2.75, 3.05) is 0 Å². The molecule has 0 radical (unpaired) electrons. The maximum atomic E-state index is 4.86. The first-order chi connectivity index (χ1) is 10.2. The molecule has 102 valence electrons. The number of aromatic nitrogens is 2. The fraction of sp³-hybridized carbons (Fsp3) is 0.105. The first kappa shape index (κ1) is 12.2. The van der Waals surface area contributed by atoms with E-state index in [0.717, 1.165) is 11.2 Å². The number of benzene rings is 2. The molecular formula is C19H16N2. The van der Waals surface area contributed by atoms with E-state index in [1.54, 1.807) is 0 Å². The van der Waals surface area contributed by atoms with E-state index in [1.807, 2.05) is 6.07 Å². The van der Waals surface area contributed by atoms with E-state index in [-0.39, 0.29) is 0 Å². The zero-order chi connectivity index (χ0) is 14.4. The van der Waals surface area contributed by atoms with Crippen molar-refractivity contribution in [1.29, 1.82) is 0 Å². The minimum absolute atomic E-state index is 1.04. The van der Waals surface area contributed by atoms with Gasteiger partial charge in [0.2, 0.25) is 0 Å². The quantitative estimate of drug-likeness (QED) is 0.491. The molecule has 2 heterocycles. The Kier molecular flexibility index (Phi) is 2.58. The number of hydrogen-bond donors (Lipinski definition) is 0. The number of hydrogen-bond acceptors (Lipinski definition) is 1. The third-order valence-corrected chi connectivity index (χ3v) is 4.10. The number of pyridine rings is 1. The Balaban J connectivity index is 2.05. The summed E-state index contributed by atoms with van der Waals surface area (Å²) in [6, 6.07) is 19.0. The molecule has 0 bridgehead atoms. The first-order valence-electron chi connectivity index (χ1n) is 7.15. The summed E-state index contributed by atoms with van der Waals surface area (Å²) in [6.45, 7) is 2.15. The lowest BCUT2D eigenvalue weighted by molar-refractivity contribution is 0.969. The van der Waals surface area contributed by atoms with Gasteiger partial charge in [0.05, 0.1) is 11.2 Å². The van der Waals surface area contributed by atoms with Gasteiger partial charge in [0.25, 0.3) is 0 Å². The molecule has 21 heavy (non-hydrogen) atoms. The lowest BCUT2D eigenvalue weighted by Gasteiger charge is -2.05. The molecule has 0 atom stereocenters. The highest BCUT2D eigenvalue weighted by Crippen LogP contribution is 2.31. The van der Waals surface area contributed by atoms with E-state index in [4.69, 9.17) is 4.98 Å². The van der Waals surface area contributed by atoms with Gasteiger partial charge in [-0.2, -0.15) is 0 Å². The highest BCUT2D eigenvalue weighted by Gasteiger charge is 2.11. The molecule has 4 aromatic rings. The molecular weight excluding hydrogens is 256 g/mol. The predicted molar refractivity (Wildman–Crippen MR) is 88.4 cm³/mol. The molecule has 0 unspecified atom stereocenters. The Labute approximate surface area is 123 Å². The van der Waals surface area contributed by atoms with Crippen molar-refractivity contribution in [3.8, 4) is 11.3 Å². The van der Waals surface area contributed by atoms with Gasteiger partial charge in [-0.25, -0.2) is 4.98 Å². The molecule has 0 fully saturated rings. The van der Waals surface area contributed by atoms with E-state index >= 15 is 0 Å². The number of nitrogens with zero attached hydrogens (tertiary/aromatic N) is 2. The molecule has 2 aromatic heterocycles. The second kappa shape index (κ2) is 4.45. The molecule has 0 spiro atoms. The number of aryl methyl sites for hydroxylation is 2. The van der Waals surface area contributed by atoms with Crippen LogP contribution in [-0.2, 0) is 7.05 Å². The first-order valence-corrected chi connectivity index (χ1v) is 7.15. The molecule has 0 amide bonds. The van der Waals surface area contributed by atoms with Crippen LogP contribution in [0.1, 0.15) is 5.56 Å². The summed E-state index contributed by atoms with van der Waals surface area (Å²) in [5.41, 5.74) is 5.80. The van der Waals surface area contributed by atoms with Crippen LogP contribution in [0.5, 0.6) is 0 Å². The zero-order valence-electron chi connectivity index (χ0n) is 12.2. The molecule has 2 nitrogen and oxygen atoms in total. The monoisotopic (exact) mass is 272 g/mol. The lowest BCUT2D eigenvalue weighted by atomic mass is 10.0. The minimum atomic E-state index is 1.04. The Hall–Kier alpha value is -2.61. The second-order valence-corrected chi connectivity index (χ2v) is 5.51. The van der Waals surface area contributed by atoms with Gasteiger partial charge < -0.3 is 4.57 Å². The van der Waals surface area contributed by atoms with Gasteiger partial charge in [-0.3, -0.25) is 0 Å². The Morgan fingerprint density at radius 3 is 2.48 bits per heavy atom. The van der Waals surface area contributed by atoms with E-state index in [9.17, 15) is 0 Å². The normalized spacial score (nSPS) is 11.3. The maximum absolute atomic E-state index is 4.86. The Morgan fingerprint density at radius 1 is 0.905 bits per heavy atom. The molecule has 0 aliphatic heterocycles. The molecule has 4 rings (SSSR count). The smallest absolute Gasteiger partial charge is 0.0733 e. The van der Waals surface area contributed by atoms with Crippen molar-refractivity contribution in [2.45, 2.75) is 6.92 Å². The van der Waals surface area contributed by atoms with Gasteiger partial charge in [0.1, 0.15) is 0 Å². The fourth-order valence-electron chi connectivity index (χ4n) is 3.03. The van der Waals surface area contributed by atoms with Crippen LogP contribution < -0.4 is 0 Å². The van der Waals surface area contributed by atoms with Crippen LogP contribution in [0, 0.1) is 6.92 Å². The van der Waals surface area contributed by atoms with Gasteiger partial charge >= 0.3 is 0 Å². The SMILES string of the molecule is Cc1cc(-c2cn(C)c3ccccc23)nc2ccccc12. The summed E-state index contributed by atoms with van der Waals surface area (Å²) < 4.78 is 2.16. The zero-order valence-corrected chi connectivity index (χ0v) is 12.2. The number of para-hydroxylation sites is 2. The van der Waals surface area contributed by atoms with Crippen LogP contribution in [0.15, 0.2) is 60.8 Å². The summed E-state index contributed by atoms with van der Waals surface area (Å²) in [5.74, 6) is 0. The van der Waals surface area contributed by atoms with E-state index in [0.29, 0.717) is 0 Å². The van der Waals surface area contributed by atoms with Crippen molar-refractivity contribution in [1.82, 2.24) is 9.55 Å². The fourth-order valence-corrected chi connectivity index (χ4v) is 3.03. The van der Waals surface area contributed by atoms with Crippen LogP contribution in [0.25, 0.3) is 33.1 Å². The molecule has 0 saturated carbocycles. The second-order valence-electron chi connectivity index (χ2n) is 5.51. The van der Waals surface area contributed by atoms with Crippen molar-refractivity contribution in [3.63, 3.8) is 0 Å². The van der Waals surface area contributed by atoms with Gasteiger partial charge in [-0.1, -0.05) is 36.4 Å². The highest BCUT2D eigenvalue weighted by atomic mass is 14.9. The van der Waals surface area contributed by atoms with Crippen LogP contribution in [0.4, 0.5) is 0 Å². The van der Waals surface area contributed by atoms with Gasteiger partial charge in [-0.05, 0) is 30.7 Å². The number of rotatable bonds is 1. The average Bonchev–Trinajstić information content (AvgIpc) is 2.85. The van der Waals surface area contributed by atoms with E-state index < -0.39 is 0 Å². The standard InChI is InChI=1S/C19H16N2/c1-13-11-18(20-17-9-5-3-7-14(13)17)16-12-21(2)19-10-6-4-8-15(16)19/h3-12H,1-2H3. The van der Waals surface area contributed by atoms with Crippen molar-refractivity contribution in [2.24, 2.45) is 7.05 Å².